The first-order valence-corrected chi connectivity index (χ1v) is 8.01. The molecule has 0 radical (unpaired) electrons. The fraction of sp³-hybridized carbons (Fsp3) is 0.278. The summed E-state index contributed by atoms with van der Waals surface area (Å²) in [6.07, 6.45) is 5.62. The highest BCUT2D eigenvalue weighted by Gasteiger charge is 2.14. The number of piperidine rings is 1. The summed E-state index contributed by atoms with van der Waals surface area (Å²) < 4.78 is 5.38. The van der Waals surface area contributed by atoms with Gasteiger partial charge in [-0.25, -0.2) is 4.98 Å². The maximum Gasteiger partial charge on any atom is 0.259 e. The molecular weight excluding hydrogens is 288 g/mol. The Balaban J connectivity index is 1.55. The van der Waals surface area contributed by atoms with Crippen molar-refractivity contribution in [2.75, 3.05) is 18.0 Å². The number of aromatic nitrogens is 3. The van der Waals surface area contributed by atoms with Crippen LogP contribution in [0.3, 0.4) is 0 Å². The van der Waals surface area contributed by atoms with Crippen molar-refractivity contribution in [3.63, 3.8) is 0 Å². The van der Waals surface area contributed by atoms with Crippen LogP contribution in [0.25, 0.3) is 22.8 Å². The van der Waals surface area contributed by atoms with Gasteiger partial charge in [-0.1, -0.05) is 35.5 Å². The van der Waals surface area contributed by atoms with E-state index in [4.69, 9.17) is 4.52 Å². The first-order chi connectivity index (χ1) is 11.4. The van der Waals surface area contributed by atoms with Gasteiger partial charge in [-0.2, -0.15) is 4.98 Å². The van der Waals surface area contributed by atoms with Crippen molar-refractivity contribution in [1.29, 1.82) is 0 Å². The Kier molecular flexibility index (Phi) is 3.76. The van der Waals surface area contributed by atoms with Crippen LogP contribution in [0.5, 0.6) is 0 Å². The van der Waals surface area contributed by atoms with Crippen LogP contribution in [-0.2, 0) is 0 Å². The van der Waals surface area contributed by atoms with Crippen molar-refractivity contribution in [1.82, 2.24) is 15.1 Å². The van der Waals surface area contributed by atoms with E-state index in [9.17, 15) is 0 Å². The van der Waals surface area contributed by atoms with Gasteiger partial charge in [-0.3, -0.25) is 0 Å². The minimum absolute atomic E-state index is 0.501. The van der Waals surface area contributed by atoms with Crippen molar-refractivity contribution in [3.05, 3.63) is 48.7 Å². The Hall–Kier alpha value is -2.69. The molecule has 0 saturated carbocycles. The molecule has 2 aromatic heterocycles. The fourth-order valence-corrected chi connectivity index (χ4v) is 2.87. The Labute approximate surface area is 135 Å². The van der Waals surface area contributed by atoms with E-state index in [1.807, 2.05) is 48.7 Å². The van der Waals surface area contributed by atoms with Crippen LogP contribution < -0.4 is 4.90 Å². The lowest BCUT2D eigenvalue weighted by molar-refractivity contribution is 0.432. The number of benzene rings is 1. The van der Waals surface area contributed by atoms with Crippen LogP contribution >= 0.6 is 0 Å². The van der Waals surface area contributed by atoms with Crippen LogP contribution in [-0.4, -0.2) is 28.2 Å². The standard InChI is InChI=1S/C18H18N4O/c1-3-7-14(8-4-1)17-20-18(23-21-17)15-9-10-16(19-13-15)22-11-5-2-6-12-22/h1,3-4,7-10,13H,2,5-6,11-12H2. The molecule has 1 saturated heterocycles. The lowest BCUT2D eigenvalue weighted by atomic mass is 10.1. The molecule has 23 heavy (non-hydrogen) atoms. The smallest absolute Gasteiger partial charge is 0.259 e. The third-order valence-electron chi connectivity index (χ3n) is 4.13. The van der Waals surface area contributed by atoms with E-state index < -0.39 is 0 Å². The minimum Gasteiger partial charge on any atom is -0.357 e. The molecule has 1 aliphatic rings. The van der Waals surface area contributed by atoms with Crippen LogP contribution in [0.2, 0.25) is 0 Å². The zero-order valence-corrected chi connectivity index (χ0v) is 12.9. The maximum atomic E-state index is 5.38. The average molecular weight is 306 g/mol. The third kappa shape index (κ3) is 2.95. The second-order valence-electron chi connectivity index (χ2n) is 5.74. The second-order valence-corrected chi connectivity index (χ2v) is 5.74. The molecule has 0 bridgehead atoms. The van der Waals surface area contributed by atoms with Crippen LogP contribution in [0, 0.1) is 0 Å². The van der Waals surface area contributed by atoms with Gasteiger partial charge < -0.3 is 9.42 Å². The van der Waals surface area contributed by atoms with Gasteiger partial charge in [0.15, 0.2) is 0 Å². The summed E-state index contributed by atoms with van der Waals surface area (Å²) in [5, 5.41) is 4.05. The summed E-state index contributed by atoms with van der Waals surface area (Å²) in [6, 6.07) is 13.8. The summed E-state index contributed by atoms with van der Waals surface area (Å²) in [7, 11) is 0. The molecule has 3 heterocycles. The Morgan fingerprint density at radius 2 is 1.70 bits per heavy atom. The van der Waals surface area contributed by atoms with Crippen molar-refractivity contribution >= 4 is 5.82 Å². The molecule has 1 fully saturated rings. The molecule has 0 spiro atoms. The molecule has 116 valence electrons. The lowest BCUT2D eigenvalue weighted by Gasteiger charge is -2.27. The van der Waals surface area contributed by atoms with Gasteiger partial charge in [0.05, 0.1) is 5.56 Å². The highest BCUT2D eigenvalue weighted by molar-refractivity contribution is 5.60. The van der Waals surface area contributed by atoms with E-state index >= 15 is 0 Å². The first-order valence-electron chi connectivity index (χ1n) is 8.01. The van der Waals surface area contributed by atoms with Crippen molar-refractivity contribution in [2.45, 2.75) is 19.3 Å². The average Bonchev–Trinajstić information content (AvgIpc) is 3.14. The molecule has 1 aromatic carbocycles. The van der Waals surface area contributed by atoms with Crippen LogP contribution in [0.4, 0.5) is 5.82 Å². The number of hydrogen-bond acceptors (Lipinski definition) is 5. The predicted octanol–water partition coefficient (Wildman–Crippen LogP) is 3.79. The molecule has 3 aromatic rings. The van der Waals surface area contributed by atoms with E-state index in [1.165, 1.54) is 19.3 Å². The highest BCUT2D eigenvalue weighted by atomic mass is 16.5. The van der Waals surface area contributed by atoms with Crippen molar-refractivity contribution < 1.29 is 4.52 Å². The Morgan fingerprint density at radius 1 is 0.870 bits per heavy atom. The number of pyridine rings is 1. The van der Waals surface area contributed by atoms with Gasteiger partial charge in [0.25, 0.3) is 5.89 Å². The summed E-state index contributed by atoms with van der Waals surface area (Å²) in [5.41, 5.74) is 1.79. The first kappa shape index (κ1) is 13.9. The Morgan fingerprint density at radius 3 is 2.43 bits per heavy atom. The molecule has 5 nitrogen and oxygen atoms in total. The van der Waals surface area contributed by atoms with E-state index in [2.05, 4.69) is 20.0 Å². The van der Waals surface area contributed by atoms with Gasteiger partial charge in [0.1, 0.15) is 5.82 Å². The maximum absolute atomic E-state index is 5.38. The SMILES string of the molecule is c1ccc(-c2noc(-c3ccc(N4CCCCC4)nc3)n2)cc1. The van der Waals surface area contributed by atoms with Gasteiger partial charge in [0.2, 0.25) is 5.82 Å². The lowest BCUT2D eigenvalue weighted by Crippen LogP contribution is -2.29. The second kappa shape index (κ2) is 6.20. The summed E-state index contributed by atoms with van der Waals surface area (Å²) >= 11 is 0. The van der Waals surface area contributed by atoms with Crippen molar-refractivity contribution in [2.24, 2.45) is 0 Å². The van der Waals surface area contributed by atoms with Gasteiger partial charge in [0, 0.05) is 24.8 Å². The van der Waals surface area contributed by atoms with E-state index in [0.29, 0.717) is 11.7 Å². The molecular formula is C18H18N4O. The monoisotopic (exact) mass is 306 g/mol. The van der Waals surface area contributed by atoms with Crippen molar-refractivity contribution in [3.8, 4) is 22.8 Å². The van der Waals surface area contributed by atoms with Crippen LogP contribution in [0.1, 0.15) is 19.3 Å². The summed E-state index contributed by atoms with van der Waals surface area (Å²) in [6.45, 7) is 2.18. The zero-order chi connectivity index (χ0) is 15.5. The summed E-state index contributed by atoms with van der Waals surface area (Å²) in [4.78, 5) is 11.4. The van der Waals surface area contributed by atoms with E-state index in [1.54, 1.807) is 0 Å². The largest absolute Gasteiger partial charge is 0.357 e. The van der Waals surface area contributed by atoms with Gasteiger partial charge in [-0.15, -0.1) is 0 Å². The quantitative estimate of drug-likeness (QED) is 0.737. The number of anilines is 1. The topological polar surface area (TPSA) is 55.1 Å². The third-order valence-corrected chi connectivity index (χ3v) is 4.13. The molecule has 1 aliphatic heterocycles. The molecule has 5 heteroatoms. The molecule has 0 unspecified atom stereocenters. The van der Waals surface area contributed by atoms with Gasteiger partial charge >= 0.3 is 0 Å². The molecule has 0 N–H and O–H groups in total. The molecule has 4 rings (SSSR count). The number of rotatable bonds is 3. The Bertz CT molecular complexity index is 761. The predicted molar refractivity (Wildman–Crippen MR) is 89.0 cm³/mol. The van der Waals surface area contributed by atoms with E-state index in [-0.39, 0.29) is 0 Å². The van der Waals surface area contributed by atoms with E-state index in [0.717, 1.165) is 30.0 Å². The normalized spacial score (nSPS) is 14.9. The minimum atomic E-state index is 0.501. The van der Waals surface area contributed by atoms with Gasteiger partial charge in [-0.05, 0) is 31.4 Å². The molecule has 0 atom stereocenters. The number of hydrogen-bond donors (Lipinski definition) is 0. The molecule has 0 amide bonds. The summed E-state index contributed by atoms with van der Waals surface area (Å²) in [5.74, 6) is 2.12. The highest BCUT2D eigenvalue weighted by Crippen LogP contribution is 2.24. The van der Waals surface area contributed by atoms with Crippen LogP contribution in [0.15, 0.2) is 53.2 Å². The molecule has 0 aliphatic carbocycles. The zero-order valence-electron chi connectivity index (χ0n) is 12.9. The number of nitrogens with zero attached hydrogens (tertiary/aromatic N) is 4. The fourth-order valence-electron chi connectivity index (χ4n) is 2.87.